The van der Waals surface area contributed by atoms with Crippen LogP contribution in [-0.2, 0) is 19.2 Å². The Morgan fingerprint density at radius 2 is 0.270 bits per heavy atom. The van der Waals surface area contributed by atoms with Gasteiger partial charge in [-0.05, 0) is 212 Å². The number of amides is 4. The molecular weight excluding hydrogens is 1580 g/mol. The third-order valence-corrected chi connectivity index (χ3v) is 33.9. The van der Waals surface area contributed by atoms with Crippen molar-refractivity contribution in [2.24, 2.45) is 0 Å². The number of hydrogen-bond donors (Lipinski definition) is 4. The Kier molecular flexibility index (Phi) is 97.1. The molecule has 0 aromatic carbocycles. The Morgan fingerprint density at radius 3 is 0.418 bits per heavy atom. The van der Waals surface area contributed by atoms with Crippen molar-refractivity contribution in [1.82, 2.24) is 21.3 Å². The van der Waals surface area contributed by atoms with Gasteiger partial charge in [-0.3, -0.25) is 19.2 Å². The SMILES string of the molecule is CC[N+](CC)(CC)CCCCCCCCCCCCCCCC(=O)NCCCCCSSCCCCCNC(=O)CCCCCCCCCCCCCCC[N+](CC)(CC)CC.CC[N+](CC)(CC)CCCCCCCCCCCCCCCC(=O)NCCCCSSCCCCNC(=O)CCCCCCCCCCCCCCC[N+](CC)(CC)CC. The molecule has 0 aliphatic heterocycles. The largest absolute Gasteiger partial charge is 0.356 e. The highest BCUT2D eigenvalue weighted by Crippen LogP contribution is 2.27. The summed E-state index contributed by atoms with van der Waals surface area (Å²) in [5.41, 5.74) is 0. The second-order valence-electron chi connectivity index (χ2n) is 37.7. The van der Waals surface area contributed by atoms with Crippen molar-refractivity contribution in [2.75, 3.05) is 154 Å². The zero-order chi connectivity index (χ0) is 89.6. The molecule has 0 aliphatic carbocycles. The number of hydrogen-bond acceptors (Lipinski definition) is 8. The number of carbonyl (C=O) groups is 4. The highest BCUT2D eigenvalue weighted by molar-refractivity contribution is 8.77. The second kappa shape index (κ2) is 96.2. The van der Waals surface area contributed by atoms with Crippen LogP contribution < -0.4 is 21.3 Å². The van der Waals surface area contributed by atoms with Crippen LogP contribution in [0, 0.1) is 0 Å². The van der Waals surface area contributed by atoms with Crippen LogP contribution in [0.2, 0.25) is 0 Å². The third kappa shape index (κ3) is 81.1. The van der Waals surface area contributed by atoms with E-state index in [0.717, 1.165) is 102 Å². The topological polar surface area (TPSA) is 116 Å². The molecule has 0 heterocycles. The fourth-order valence-corrected chi connectivity index (χ4v) is 22.9. The molecule has 12 nitrogen and oxygen atoms in total. The summed E-state index contributed by atoms with van der Waals surface area (Å²) in [7, 11) is 7.91. The van der Waals surface area contributed by atoms with Gasteiger partial charge in [0, 0.05) is 74.9 Å². The molecule has 0 saturated carbocycles. The van der Waals surface area contributed by atoms with Crippen molar-refractivity contribution in [3.63, 3.8) is 0 Å². The lowest BCUT2D eigenvalue weighted by Gasteiger charge is -2.35. The lowest BCUT2D eigenvalue weighted by molar-refractivity contribution is -0.923. The van der Waals surface area contributed by atoms with Gasteiger partial charge in [-0.2, -0.15) is 0 Å². The van der Waals surface area contributed by atoms with E-state index in [4.69, 9.17) is 0 Å². The number of carbonyl (C=O) groups excluding carboxylic acids is 4. The zero-order valence-electron chi connectivity index (χ0n) is 84.7. The first-order chi connectivity index (χ1) is 59.7. The van der Waals surface area contributed by atoms with Crippen molar-refractivity contribution in [3.8, 4) is 0 Å². The third-order valence-electron chi connectivity index (χ3n) is 28.8. The number of quaternary nitrogens is 4. The first kappa shape index (κ1) is 123. The predicted octanol–water partition coefficient (Wildman–Crippen LogP) is 30.5. The molecule has 0 aromatic heterocycles. The minimum atomic E-state index is 0.239. The zero-order valence-corrected chi connectivity index (χ0v) is 88.0. The molecule has 728 valence electrons. The highest BCUT2D eigenvalue weighted by atomic mass is 33.1. The van der Waals surface area contributed by atoms with Crippen LogP contribution in [0.3, 0.4) is 0 Å². The van der Waals surface area contributed by atoms with E-state index >= 15 is 0 Å². The van der Waals surface area contributed by atoms with Gasteiger partial charge in [0.25, 0.3) is 0 Å². The van der Waals surface area contributed by atoms with Crippen molar-refractivity contribution in [2.45, 2.75) is 507 Å². The summed E-state index contributed by atoms with van der Waals surface area (Å²) in [6.07, 6.45) is 84.4. The quantitative estimate of drug-likeness (QED) is 0.0270. The normalized spacial score (nSPS) is 12.0. The van der Waals surface area contributed by atoms with Gasteiger partial charge in [0.05, 0.1) is 105 Å². The van der Waals surface area contributed by atoms with E-state index in [2.05, 4.69) is 104 Å². The molecular formula is C106H220N8O4S4+4. The summed E-state index contributed by atoms with van der Waals surface area (Å²) in [4.78, 5) is 48.8. The van der Waals surface area contributed by atoms with E-state index < -0.39 is 0 Å². The molecule has 0 unspecified atom stereocenters. The summed E-state index contributed by atoms with van der Waals surface area (Å²) in [6, 6.07) is 0. The number of rotatable bonds is 100. The van der Waals surface area contributed by atoms with Crippen molar-refractivity contribution >= 4 is 66.8 Å². The summed E-state index contributed by atoms with van der Waals surface area (Å²) in [6.45, 7) is 52.5. The molecule has 0 rings (SSSR count). The van der Waals surface area contributed by atoms with Crippen LogP contribution in [0.15, 0.2) is 0 Å². The van der Waals surface area contributed by atoms with Gasteiger partial charge in [-0.1, -0.05) is 313 Å². The highest BCUT2D eigenvalue weighted by Gasteiger charge is 2.23. The lowest BCUT2D eigenvalue weighted by atomic mass is 10.0. The minimum absolute atomic E-state index is 0.239. The smallest absolute Gasteiger partial charge is 0.219 e. The standard InChI is InChI=1S/C54H110N4O2S2.C52H106N4O2S2/c1-7-57(8-2,9-3)49-41-33-29-25-21-17-13-15-19-23-27-31-37-45-53(59)55-47-39-35-43-51-61-62-52-44-36-40-48-56-54(60)46-38-32-28-24-20-16-14-18-22-26-30-34-42-50-58(10-4,11-5)12-6;1-7-55(8-2,9-3)47-39-33-29-25-21-17-13-15-19-23-27-31-35-43-51(57)53-45-37-41-49-59-60-50-42-38-46-54-52(58)44-36-32-28-24-20-16-14-18-22-26-30-34-40-48-56(10-4,11-5)12-6/h7-52H2,1-6H3;7-50H2,1-6H3/p+4. The fourth-order valence-electron chi connectivity index (χ4n) is 18.3. The average molecular weight is 1800 g/mol. The van der Waals surface area contributed by atoms with E-state index in [1.165, 1.54) is 468 Å². The Balaban J connectivity index is 0. The van der Waals surface area contributed by atoms with E-state index in [9.17, 15) is 19.2 Å². The molecule has 122 heavy (non-hydrogen) atoms. The minimum Gasteiger partial charge on any atom is -0.356 e. The van der Waals surface area contributed by atoms with Crippen molar-refractivity contribution < 1.29 is 37.1 Å². The van der Waals surface area contributed by atoms with Crippen LogP contribution in [0.4, 0.5) is 0 Å². The molecule has 4 N–H and O–H groups in total. The van der Waals surface area contributed by atoms with Crippen molar-refractivity contribution in [1.29, 1.82) is 0 Å². The number of nitrogens with zero attached hydrogens (tertiary/aromatic N) is 4. The fraction of sp³-hybridized carbons (Fsp3) is 0.962. The van der Waals surface area contributed by atoms with Gasteiger partial charge in [-0.25, -0.2) is 0 Å². The van der Waals surface area contributed by atoms with E-state index in [0.29, 0.717) is 25.7 Å². The van der Waals surface area contributed by atoms with Gasteiger partial charge in [-0.15, -0.1) is 0 Å². The summed E-state index contributed by atoms with van der Waals surface area (Å²) in [5.74, 6) is 5.66. The summed E-state index contributed by atoms with van der Waals surface area (Å²) in [5, 5.41) is 12.5. The summed E-state index contributed by atoms with van der Waals surface area (Å²) >= 11 is 0. The first-order valence-corrected chi connectivity index (χ1v) is 59.7. The van der Waals surface area contributed by atoms with Crippen LogP contribution in [0.1, 0.15) is 507 Å². The maximum Gasteiger partial charge on any atom is 0.219 e. The molecule has 0 spiro atoms. The van der Waals surface area contributed by atoms with Crippen LogP contribution in [0.5, 0.6) is 0 Å². The maximum atomic E-state index is 12.2. The molecule has 0 radical (unpaired) electrons. The Bertz CT molecular complexity index is 1970. The Labute approximate surface area is 780 Å². The monoisotopic (exact) mass is 1800 g/mol. The van der Waals surface area contributed by atoms with Crippen molar-refractivity contribution in [3.05, 3.63) is 0 Å². The van der Waals surface area contributed by atoms with E-state index in [-0.39, 0.29) is 23.6 Å². The second-order valence-corrected chi connectivity index (χ2v) is 43.1. The molecule has 0 fully saturated rings. The molecule has 0 aromatic rings. The molecule has 0 saturated heterocycles. The number of nitrogens with one attached hydrogen (secondary N) is 4. The summed E-state index contributed by atoms with van der Waals surface area (Å²) < 4.78 is 5.22. The maximum absolute atomic E-state index is 12.2. The van der Waals surface area contributed by atoms with Gasteiger partial charge in [0.2, 0.25) is 23.6 Å². The Morgan fingerprint density at radius 1 is 0.156 bits per heavy atom. The Hall–Kier alpha value is -0.880. The average Bonchev–Trinajstić information content (AvgIpc) is 0.916. The molecule has 16 heteroatoms. The molecule has 0 aliphatic rings. The molecule has 0 bridgehead atoms. The predicted molar refractivity (Wildman–Crippen MR) is 554 cm³/mol. The lowest BCUT2D eigenvalue weighted by Crippen LogP contribution is -2.48. The van der Waals surface area contributed by atoms with Gasteiger partial charge < -0.3 is 39.2 Å². The van der Waals surface area contributed by atoms with E-state index in [1.54, 1.807) is 0 Å². The first-order valence-electron chi connectivity index (χ1n) is 54.7. The van der Waals surface area contributed by atoms with Crippen LogP contribution in [0.25, 0.3) is 0 Å². The molecule has 4 amide bonds. The van der Waals surface area contributed by atoms with Gasteiger partial charge in [0.15, 0.2) is 0 Å². The van der Waals surface area contributed by atoms with E-state index in [1.807, 2.05) is 43.2 Å². The van der Waals surface area contributed by atoms with Gasteiger partial charge >= 0.3 is 0 Å². The van der Waals surface area contributed by atoms with Crippen LogP contribution >= 0.6 is 43.2 Å². The van der Waals surface area contributed by atoms with Crippen LogP contribution in [-0.4, -0.2) is 195 Å². The number of unbranched alkanes of at least 4 members (excludes halogenated alkanes) is 54. The molecule has 0 atom stereocenters. The van der Waals surface area contributed by atoms with Gasteiger partial charge in [0.1, 0.15) is 0 Å².